The highest BCUT2D eigenvalue weighted by Crippen LogP contribution is 2.49. The molecule has 0 saturated carbocycles. The van der Waals surface area contributed by atoms with Crippen LogP contribution in [0, 0.1) is 0 Å². The van der Waals surface area contributed by atoms with E-state index in [-0.39, 0.29) is 0 Å². The lowest BCUT2D eigenvalue weighted by atomic mass is 9.74. The van der Waals surface area contributed by atoms with Crippen LogP contribution in [0.1, 0.15) is 51.9 Å². The third-order valence-electron chi connectivity index (χ3n) is 5.65. The Morgan fingerprint density at radius 2 is 1.87 bits per heavy atom. The zero-order chi connectivity index (χ0) is 10.5. The minimum absolute atomic E-state index is 0.530. The van der Waals surface area contributed by atoms with Gasteiger partial charge in [0.25, 0.3) is 0 Å². The van der Waals surface area contributed by atoms with Gasteiger partial charge in [-0.25, -0.2) is 0 Å². The van der Waals surface area contributed by atoms with E-state index >= 15 is 0 Å². The Balaban J connectivity index is 2.05. The molecule has 1 fully saturated rings. The van der Waals surface area contributed by atoms with Crippen LogP contribution in [0.2, 0.25) is 0 Å². The first-order valence-corrected chi connectivity index (χ1v) is 6.72. The summed E-state index contributed by atoms with van der Waals surface area (Å²) in [5.74, 6) is 0. The van der Waals surface area contributed by atoms with Gasteiger partial charge in [-0.3, -0.25) is 0 Å². The van der Waals surface area contributed by atoms with E-state index in [9.17, 15) is 0 Å². The quantitative estimate of drug-likeness (QED) is 0.421. The van der Waals surface area contributed by atoms with Crippen molar-refractivity contribution in [1.82, 2.24) is 0 Å². The molecule has 0 aromatic rings. The van der Waals surface area contributed by atoms with E-state index in [2.05, 4.69) is 14.0 Å². The largest absolute Gasteiger partial charge is 0.318 e. The molecule has 1 aliphatic carbocycles. The fraction of sp³-hybridized carbons (Fsp3) is 0.857. The highest BCUT2D eigenvalue weighted by Gasteiger charge is 2.52. The third-order valence-corrected chi connectivity index (χ3v) is 5.65. The predicted octanol–water partition coefficient (Wildman–Crippen LogP) is 3.26. The predicted molar refractivity (Wildman–Crippen MR) is 63.7 cm³/mol. The Bertz CT molecular complexity index is 317. The minimum atomic E-state index is 0.530. The van der Waals surface area contributed by atoms with Crippen LogP contribution in [0.3, 0.4) is 0 Å². The van der Waals surface area contributed by atoms with Crippen molar-refractivity contribution in [3.05, 3.63) is 11.1 Å². The second-order valence-electron chi connectivity index (χ2n) is 6.26. The number of nitrogens with zero attached hydrogens (tertiary/aromatic N) is 1. The molecule has 0 aromatic heterocycles. The Morgan fingerprint density at radius 3 is 2.73 bits per heavy atom. The number of quaternary nitrogens is 1. The second kappa shape index (κ2) is 3.10. The SMILES string of the molecule is C[C@@]12CCCC[N@+]1(C)CCC1=C2CCC1. The number of rotatable bonds is 0. The molecule has 0 amide bonds. The number of piperidine rings is 1. The van der Waals surface area contributed by atoms with E-state index < -0.39 is 0 Å². The summed E-state index contributed by atoms with van der Waals surface area (Å²) in [5.41, 5.74) is 4.27. The lowest BCUT2D eigenvalue weighted by Crippen LogP contribution is -2.65. The molecule has 2 aliphatic heterocycles. The van der Waals surface area contributed by atoms with Crippen molar-refractivity contribution in [3.63, 3.8) is 0 Å². The molecule has 2 atom stereocenters. The van der Waals surface area contributed by atoms with Gasteiger partial charge >= 0.3 is 0 Å². The van der Waals surface area contributed by atoms with Crippen LogP contribution in [0.5, 0.6) is 0 Å². The van der Waals surface area contributed by atoms with Gasteiger partial charge in [0.05, 0.1) is 20.1 Å². The number of fused-ring (bicyclic) bond motifs is 2. The number of hydrogen-bond acceptors (Lipinski definition) is 0. The standard InChI is InChI=1S/C14H24N/c1-14-9-3-4-10-15(14,2)11-8-12-6-5-7-13(12)14/h3-11H2,1-2H3/q+1/t14-,15+/m0/s1. The molecular weight excluding hydrogens is 182 g/mol. The first-order valence-electron chi connectivity index (χ1n) is 6.72. The van der Waals surface area contributed by atoms with Gasteiger partial charge in [-0.05, 0) is 44.6 Å². The topological polar surface area (TPSA) is 0 Å². The maximum atomic E-state index is 2.56. The summed E-state index contributed by atoms with van der Waals surface area (Å²) in [7, 11) is 2.52. The van der Waals surface area contributed by atoms with Gasteiger partial charge in [-0.2, -0.15) is 0 Å². The molecule has 3 aliphatic rings. The van der Waals surface area contributed by atoms with E-state index in [4.69, 9.17) is 0 Å². The van der Waals surface area contributed by atoms with Gasteiger partial charge in [0, 0.05) is 12.8 Å². The average Bonchev–Trinajstić information content (AvgIpc) is 2.68. The zero-order valence-electron chi connectivity index (χ0n) is 10.3. The number of likely N-dealkylation sites (N-methyl/N-ethyl adjacent to an activating group) is 1. The van der Waals surface area contributed by atoms with Crippen molar-refractivity contribution in [2.45, 2.75) is 57.4 Å². The van der Waals surface area contributed by atoms with Crippen molar-refractivity contribution in [2.24, 2.45) is 0 Å². The Labute approximate surface area is 93.7 Å². The minimum Gasteiger partial charge on any atom is -0.318 e. The molecule has 0 spiro atoms. The normalized spacial score (nSPS) is 45.2. The van der Waals surface area contributed by atoms with E-state index in [0.717, 1.165) is 0 Å². The summed E-state index contributed by atoms with van der Waals surface area (Å²) in [6.45, 7) is 5.40. The van der Waals surface area contributed by atoms with Crippen LogP contribution in [0.4, 0.5) is 0 Å². The van der Waals surface area contributed by atoms with E-state index in [0.29, 0.717) is 5.54 Å². The first kappa shape index (κ1) is 9.89. The fourth-order valence-electron chi connectivity index (χ4n) is 4.40. The van der Waals surface area contributed by atoms with Gasteiger partial charge in [0.2, 0.25) is 0 Å². The highest BCUT2D eigenvalue weighted by atomic mass is 15.4. The summed E-state index contributed by atoms with van der Waals surface area (Å²) in [4.78, 5) is 0. The van der Waals surface area contributed by atoms with E-state index in [1.165, 1.54) is 62.5 Å². The maximum Gasteiger partial charge on any atom is 0.118 e. The number of hydrogen-bond donors (Lipinski definition) is 0. The Morgan fingerprint density at radius 1 is 1.00 bits per heavy atom. The summed E-state index contributed by atoms with van der Waals surface area (Å²) in [5, 5.41) is 0. The van der Waals surface area contributed by atoms with Crippen molar-refractivity contribution in [3.8, 4) is 0 Å². The lowest BCUT2D eigenvalue weighted by Gasteiger charge is -2.56. The van der Waals surface area contributed by atoms with Gasteiger partial charge in [-0.1, -0.05) is 5.57 Å². The van der Waals surface area contributed by atoms with Crippen LogP contribution in [-0.4, -0.2) is 30.2 Å². The van der Waals surface area contributed by atoms with Gasteiger partial charge < -0.3 is 4.48 Å². The first-order chi connectivity index (χ1) is 7.16. The van der Waals surface area contributed by atoms with Gasteiger partial charge in [0.1, 0.15) is 5.54 Å². The van der Waals surface area contributed by atoms with E-state index in [1.54, 1.807) is 0 Å². The van der Waals surface area contributed by atoms with Crippen LogP contribution >= 0.6 is 0 Å². The Hall–Kier alpha value is -0.300. The molecule has 0 unspecified atom stereocenters. The van der Waals surface area contributed by atoms with Crippen molar-refractivity contribution in [2.75, 3.05) is 20.1 Å². The lowest BCUT2D eigenvalue weighted by molar-refractivity contribution is -0.958. The fourth-order valence-corrected chi connectivity index (χ4v) is 4.40. The molecule has 0 aromatic carbocycles. The molecule has 1 saturated heterocycles. The van der Waals surface area contributed by atoms with Crippen molar-refractivity contribution in [1.29, 1.82) is 0 Å². The molecule has 0 radical (unpaired) electrons. The molecule has 2 heterocycles. The highest BCUT2D eigenvalue weighted by molar-refractivity contribution is 5.30. The van der Waals surface area contributed by atoms with Crippen LogP contribution in [0.25, 0.3) is 0 Å². The molecule has 84 valence electrons. The van der Waals surface area contributed by atoms with Crippen LogP contribution < -0.4 is 0 Å². The smallest absolute Gasteiger partial charge is 0.118 e. The molecule has 15 heavy (non-hydrogen) atoms. The summed E-state index contributed by atoms with van der Waals surface area (Å²) in [6, 6.07) is 0. The third kappa shape index (κ3) is 1.19. The molecule has 3 rings (SSSR count). The summed E-state index contributed by atoms with van der Waals surface area (Å²) in [6.07, 6.45) is 10.0. The molecular formula is C14H24N+. The maximum absolute atomic E-state index is 2.56. The van der Waals surface area contributed by atoms with Crippen molar-refractivity contribution >= 4 is 0 Å². The molecule has 0 N–H and O–H groups in total. The average molecular weight is 206 g/mol. The van der Waals surface area contributed by atoms with Crippen molar-refractivity contribution < 1.29 is 4.48 Å². The van der Waals surface area contributed by atoms with Crippen LogP contribution in [0.15, 0.2) is 11.1 Å². The molecule has 1 heteroatoms. The van der Waals surface area contributed by atoms with Gasteiger partial charge in [-0.15, -0.1) is 0 Å². The summed E-state index contributed by atoms with van der Waals surface area (Å²) >= 11 is 0. The second-order valence-corrected chi connectivity index (χ2v) is 6.26. The molecule has 1 nitrogen and oxygen atoms in total. The zero-order valence-corrected chi connectivity index (χ0v) is 10.3. The monoisotopic (exact) mass is 206 g/mol. The molecule has 0 bridgehead atoms. The van der Waals surface area contributed by atoms with Gasteiger partial charge in [0.15, 0.2) is 0 Å². The Kier molecular flexibility index (Phi) is 2.04. The summed E-state index contributed by atoms with van der Waals surface area (Å²) < 4.78 is 1.35. The van der Waals surface area contributed by atoms with E-state index in [1.807, 2.05) is 11.1 Å². The van der Waals surface area contributed by atoms with Crippen LogP contribution in [-0.2, 0) is 0 Å².